The van der Waals surface area contributed by atoms with E-state index in [4.69, 9.17) is 9.84 Å². The molecule has 0 aliphatic carbocycles. The van der Waals surface area contributed by atoms with Crippen molar-refractivity contribution in [3.05, 3.63) is 35.9 Å². The number of ether oxygens (including phenoxy) is 1. The van der Waals surface area contributed by atoms with Crippen LogP contribution in [0.3, 0.4) is 0 Å². The van der Waals surface area contributed by atoms with Crippen LogP contribution in [0.15, 0.2) is 30.3 Å². The molecule has 1 aromatic carbocycles. The minimum atomic E-state index is -0.808. The van der Waals surface area contributed by atoms with Gasteiger partial charge in [-0.1, -0.05) is 36.8 Å². The van der Waals surface area contributed by atoms with E-state index in [1.54, 1.807) is 13.8 Å². The van der Waals surface area contributed by atoms with Crippen LogP contribution in [-0.2, 0) is 20.9 Å². The Morgan fingerprint density at radius 3 is 2.09 bits per heavy atom. The molecule has 0 spiro atoms. The highest BCUT2D eigenvalue weighted by molar-refractivity contribution is 5.76. The second-order valence-corrected chi connectivity index (χ2v) is 6.99. The molecule has 0 bridgehead atoms. The van der Waals surface area contributed by atoms with Crippen LogP contribution in [0.2, 0.25) is 0 Å². The van der Waals surface area contributed by atoms with Gasteiger partial charge in [-0.05, 0) is 46.1 Å². The van der Waals surface area contributed by atoms with Crippen molar-refractivity contribution in [3.63, 3.8) is 0 Å². The van der Waals surface area contributed by atoms with Gasteiger partial charge in [-0.3, -0.25) is 9.59 Å². The molecule has 22 heavy (non-hydrogen) atoms. The van der Waals surface area contributed by atoms with Gasteiger partial charge < -0.3 is 9.84 Å². The smallest absolute Gasteiger partial charge is 0.311 e. The van der Waals surface area contributed by atoms with Gasteiger partial charge in [0.25, 0.3) is 0 Å². The number of hydrogen-bond acceptors (Lipinski definition) is 3. The minimum Gasteiger partial charge on any atom is -0.481 e. The minimum absolute atomic E-state index is 0.246. The van der Waals surface area contributed by atoms with E-state index < -0.39 is 16.8 Å². The van der Waals surface area contributed by atoms with E-state index in [1.807, 2.05) is 44.2 Å². The Morgan fingerprint density at radius 1 is 1.00 bits per heavy atom. The summed E-state index contributed by atoms with van der Waals surface area (Å²) in [5.41, 5.74) is -0.411. The molecule has 0 amide bonds. The summed E-state index contributed by atoms with van der Waals surface area (Å²) < 4.78 is 5.37. The maximum Gasteiger partial charge on any atom is 0.311 e. The molecule has 0 saturated carbocycles. The van der Waals surface area contributed by atoms with Crippen LogP contribution in [0.1, 0.15) is 52.5 Å². The molecule has 122 valence electrons. The highest BCUT2D eigenvalue weighted by atomic mass is 16.5. The van der Waals surface area contributed by atoms with Crippen molar-refractivity contribution in [2.45, 2.75) is 53.6 Å². The van der Waals surface area contributed by atoms with Crippen LogP contribution in [0.4, 0.5) is 0 Å². The zero-order valence-corrected chi connectivity index (χ0v) is 13.9. The van der Waals surface area contributed by atoms with Crippen molar-refractivity contribution in [2.75, 3.05) is 0 Å². The van der Waals surface area contributed by atoms with E-state index in [0.29, 0.717) is 19.3 Å². The lowest BCUT2D eigenvalue weighted by atomic mass is 9.81. The molecular formula is C18H26O4. The average molecular weight is 306 g/mol. The molecular weight excluding hydrogens is 280 g/mol. The van der Waals surface area contributed by atoms with Gasteiger partial charge in [0.15, 0.2) is 0 Å². The number of benzene rings is 1. The summed E-state index contributed by atoms with van der Waals surface area (Å²) in [5, 5.41) is 9.10. The summed E-state index contributed by atoms with van der Waals surface area (Å²) in [6, 6.07) is 9.55. The highest BCUT2D eigenvalue weighted by Gasteiger charge is 2.32. The van der Waals surface area contributed by atoms with Crippen molar-refractivity contribution in [3.8, 4) is 0 Å². The number of carboxylic acids is 1. The molecule has 4 nitrogen and oxygen atoms in total. The summed E-state index contributed by atoms with van der Waals surface area (Å²) in [6.45, 7) is 7.36. The molecule has 1 N–H and O–H groups in total. The number of esters is 1. The van der Waals surface area contributed by atoms with E-state index in [2.05, 4.69) is 0 Å². The van der Waals surface area contributed by atoms with Crippen LogP contribution in [0, 0.1) is 10.8 Å². The Balaban J connectivity index is 2.44. The molecule has 0 heterocycles. The topological polar surface area (TPSA) is 63.6 Å². The van der Waals surface area contributed by atoms with Gasteiger partial charge in [-0.2, -0.15) is 0 Å². The van der Waals surface area contributed by atoms with Crippen LogP contribution in [0.5, 0.6) is 0 Å². The number of aliphatic carboxylic acids is 1. The van der Waals surface area contributed by atoms with Gasteiger partial charge in [-0.25, -0.2) is 0 Å². The molecule has 0 aliphatic heterocycles. The quantitative estimate of drug-likeness (QED) is 0.736. The van der Waals surface area contributed by atoms with E-state index in [1.165, 1.54) is 0 Å². The summed E-state index contributed by atoms with van der Waals surface area (Å²) in [4.78, 5) is 23.3. The first-order valence-electron chi connectivity index (χ1n) is 7.60. The molecule has 0 aliphatic rings. The number of carbonyl (C=O) groups is 2. The molecule has 1 rings (SSSR count). The lowest BCUT2D eigenvalue weighted by Crippen LogP contribution is -2.28. The third-order valence-corrected chi connectivity index (χ3v) is 3.95. The molecule has 0 aromatic heterocycles. The second-order valence-electron chi connectivity index (χ2n) is 6.99. The van der Waals surface area contributed by atoms with Crippen molar-refractivity contribution in [1.29, 1.82) is 0 Å². The van der Waals surface area contributed by atoms with Gasteiger partial charge in [0, 0.05) is 0 Å². The lowest BCUT2D eigenvalue weighted by Gasteiger charge is -2.25. The molecule has 1 aromatic rings. The number of carboxylic acid groups (broad SMARTS) is 1. The largest absolute Gasteiger partial charge is 0.481 e. The fourth-order valence-electron chi connectivity index (χ4n) is 2.10. The predicted molar refractivity (Wildman–Crippen MR) is 85.3 cm³/mol. The summed E-state index contributed by atoms with van der Waals surface area (Å²) in [7, 11) is 0. The van der Waals surface area contributed by atoms with E-state index in [0.717, 1.165) is 5.56 Å². The van der Waals surface area contributed by atoms with E-state index in [-0.39, 0.29) is 12.6 Å². The van der Waals surface area contributed by atoms with Crippen molar-refractivity contribution < 1.29 is 19.4 Å². The Bertz CT molecular complexity index is 503. The molecule has 0 unspecified atom stereocenters. The SMILES string of the molecule is CC(C)(CCCC(C)(C)C(=O)OCc1ccccc1)C(=O)O. The molecule has 4 heteroatoms. The van der Waals surface area contributed by atoms with Crippen LogP contribution in [-0.4, -0.2) is 17.0 Å². The highest BCUT2D eigenvalue weighted by Crippen LogP contribution is 2.30. The van der Waals surface area contributed by atoms with Crippen molar-refractivity contribution in [1.82, 2.24) is 0 Å². The lowest BCUT2D eigenvalue weighted by molar-refractivity contribution is -0.155. The Labute approximate surface area is 132 Å². The normalized spacial score (nSPS) is 12.0. The Kier molecular flexibility index (Phi) is 6.15. The van der Waals surface area contributed by atoms with Crippen LogP contribution in [0.25, 0.3) is 0 Å². The average Bonchev–Trinajstić information content (AvgIpc) is 2.45. The molecule has 0 saturated heterocycles. The fourth-order valence-corrected chi connectivity index (χ4v) is 2.10. The number of carbonyl (C=O) groups excluding carboxylic acids is 1. The van der Waals surface area contributed by atoms with Crippen molar-refractivity contribution in [2.24, 2.45) is 10.8 Å². The van der Waals surface area contributed by atoms with Crippen molar-refractivity contribution >= 4 is 11.9 Å². The molecule has 0 fully saturated rings. The molecule has 0 atom stereocenters. The first-order valence-corrected chi connectivity index (χ1v) is 7.60. The maximum absolute atomic E-state index is 12.2. The number of rotatable bonds is 8. The standard InChI is InChI=1S/C18H26O4/c1-17(2,15(19)20)11-8-12-18(3,4)16(21)22-13-14-9-6-5-7-10-14/h5-7,9-10H,8,11-13H2,1-4H3,(H,19,20). The monoisotopic (exact) mass is 306 g/mol. The van der Waals surface area contributed by atoms with Gasteiger partial charge in [0.1, 0.15) is 6.61 Å². The third kappa shape index (κ3) is 5.51. The fraction of sp³-hybridized carbons (Fsp3) is 0.556. The third-order valence-electron chi connectivity index (χ3n) is 3.95. The van der Waals surface area contributed by atoms with Gasteiger partial charge >= 0.3 is 11.9 Å². The van der Waals surface area contributed by atoms with E-state index in [9.17, 15) is 9.59 Å². The van der Waals surface area contributed by atoms with E-state index >= 15 is 0 Å². The van der Waals surface area contributed by atoms with Gasteiger partial charge in [-0.15, -0.1) is 0 Å². The van der Waals surface area contributed by atoms with Crippen LogP contribution < -0.4 is 0 Å². The number of hydrogen-bond donors (Lipinski definition) is 1. The Hall–Kier alpha value is -1.84. The predicted octanol–water partition coefficient (Wildman–Crippen LogP) is 4.04. The summed E-state index contributed by atoms with van der Waals surface area (Å²) in [6.07, 6.45) is 1.82. The maximum atomic E-state index is 12.2. The first kappa shape index (κ1) is 18.2. The zero-order valence-electron chi connectivity index (χ0n) is 13.9. The second kappa shape index (κ2) is 7.43. The van der Waals surface area contributed by atoms with Crippen LogP contribution >= 0.6 is 0 Å². The first-order chi connectivity index (χ1) is 10.1. The Morgan fingerprint density at radius 2 is 1.55 bits per heavy atom. The summed E-state index contributed by atoms with van der Waals surface area (Å²) >= 11 is 0. The molecule has 0 radical (unpaired) electrons. The van der Waals surface area contributed by atoms with Gasteiger partial charge in [0.2, 0.25) is 0 Å². The summed E-state index contributed by atoms with van der Waals surface area (Å²) in [5.74, 6) is -1.05. The zero-order chi connectivity index (χ0) is 16.8. The van der Waals surface area contributed by atoms with Gasteiger partial charge in [0.05, 0.1) is 10.8 Å².